The molecule has 3 aromatic rings. The first kappa shape index (κ1) is 23.4. The summed E-state index contributed by atoms with van der Waals surface area (Å²) in [5, 5.41) is 7.89. The number of hydrogen-bond donors (Lipinski definition) is 1. The smallest absolute Gasteiger partial charge is 0.410 e. The molecule has 0 spiro atoms. The molecule has 0 unspecified atom stereocenters. The Morgan fingerprint density at radius 3 is 2.35 bits per heavy atom. The SMILES string of the molecule is CC(C)(C)OC(=O)N1CCN(C(=O)c2cc(Cc3n[nH]c(=O)c4ccccc34)ccc2F)CC1. The molecule has 0 saturated carbocycles. The quantitative estimate of drug-likeness (QED) is 0.639. The second-order valence-electron chi connectivity index (χ2n) is 9.30. The highest BCUT2D eigenvalue weighted by Crippen LogP contribution is 2.20. The molecular weight excluding hydrogens is 439 g/mol. The van der Waals surface area contributed by atoms with E-state index >= 15 is 0 Å². The van der Waals surface area contributed by atoms with E-state index in [1.165, 1.54) is 17.0 Å². The van der Waals surface area contributed by atoms with Crippen LogP contribution in [0.2, 0.25) is 0 Å². The first-order chi connectivity index (χ1) is 16.1. The molecule has 8 nitrogen and oxygen atoms in total. The number of halogens is 1. The Labute approximate surface area is 196 Å². The summed E-state index contributed by atoms with van der Waals surface area (Å²) in [5.41, 5.74) is 0.421. The first-order valence-corrected chi connectivity index (χ1v) is 11.1. The molecule has 2 amide bonds. The molecule has 1 N–H and O–H groups in total. The average Bonchev–Trinajstić information content (AvgIpc) is 2.81. The molecule has 2 heterocycles. The molecule has 1 saturated heterocycles. The largest absolute Gasteiger partial charge is 0.444 e. The monoisotopic (exact) mass is 466 g/mol. The fourth-order valence-corrected chi connectivity index (χ4v) is 3.93. The lowest BCUT2D eigenvalue weighted by molar-refractivity contribution is 0.0140. The van der Waals surface area contributed by atoms with Gasteiger partial charge in [-0.3, -0.25) is 9.59 Å². The van der Waals surface area contributed by atoms with Gasteiger partial charge in [0.05, 0.1) is 16.6 Å². The Morgan fingerprint density at radius 1 is 1.03 bits per heavy atom. The van der Waals surface area contributed by atoms with Crippen molar-refractivity contribution >= 4 is 22.8 Å². The predicted molar refractivity (Wildman–Crippen MR) is 125 cm³/mol. The zero-order valence-electron chi connectivity index (χ0n) is 19.4. The minimum absolute atomic E-state index is 0.0306. The Hall–Kier alpha value is -3.75. The number of benzene rings is 2. The molecule has 1 fully saturated rings. The van der Waals surface area contributed by atoms with Gasteiger partial charge in [0, 0.05) is 38.0 Å². The molecule has 178 valence electrons. The number of carbonyl (C=O) groups excluding carboxylic acids is 2. The molecule has 4 rings (SSSR count). The summed E-state index contributed by atoms with van der Waals surface area (Å²) < 4.78 is 20.0. The van der Waals surface area contributed by atoms with Crippen LogP contribution in [0.4, 0.5) is 9.18 Å². The van der Waals surface area contributed by atoms with E-state index in [-0.39, 0.29) is 24.2 Å². The number of carbonyl (C=O) groups is 2. The van der Waals surface area contributed by atoms with Crippen LogP contribution in [0.3, 0.4) is 0 Å². The second-order valence-corrected chi connectivity index (χ2v) is 9.30. The van der Waals surface area contributed by atoms with E-state index in [1.54, 1.807) is 43.9 Å². The zero-order valence-corrected chi connectivity index (χ0v) is 19.4. The fourth-order valence-electron chi connectivity index (χ4n) is 3.93. The lowest BCUT2D eigenvalue weighted by Gasteiger charge is -2.35. The summed E-state index contributed by atoms with van der Waals surface area (Å²) in [6.07, 6.45) is -0.0991. The van der Waals surface area contributed by atoms with E-state index < -0.39 is 23.4 Å². The van der Waals surface area contributed by atoms with Crippen molar-refractivity contribution in [1.82, 2.24) is 20.0 Å². The van der Waals surface area contributed by atoms with E-state index in [0.717, 1.165) is 0 Å². The normalized spacial score (nSPS) is 14.4. The fraction of sp³-hybridized carbons (Fsp3) is 0.360. The Balaban J connectivity index is 1.49. The lowest BCUT2D eigenvalue weighted by Crippen LogP contribution is -2.51. The molecule has 0 bridgehead atoms. The van der Waals surface area contributed by atoms with Gasteiger partial charge in [-0.25, -0.2) is 14.3 Å². The third-order valence-electron chi connectivity index (χ3n) is 5.63. The molecule has 0 radical (unpaired) electrons. The van der Waals surface area contributed by atoms with Crippen molar-refractivity contribution in [3.05, 3.63) is 75.5 Å². The lowest BCUT2D eigenvalue weighted by atomic mass is 10.0. The van der Waals surface area contributed by atoms with Crippen molar-refractivity contribution in [2.24, 2.45) is 0 Å². The average molecular weight is 467 g/mol. The summed E-state index contributed by atoms with van der Waals surface area (Å²) in [5.74, 6) is -1.04. The minimum Gasteiger partial charge on any atom is -0.444 e. The first-order valence-electron chi connectivity index (χ1n) is 11.1. The van der Waals surface area contributed by atoms with Gasteiger partial charge in [-0.15, -0.1) is 0 Å². The van der Waals surface area contributed by atoms with Crippen LogP contribution in [0.15, 0.2) is 47.3 Å². The topological polar surface area (TPSA) is 95.6 Å². The van der Waals surface area contributed by atoms with Crippen molar-refractivity contribution in [2.75, 3.05) is 26.2 Å². The molecule has 34 heavy (non-hydrogen) atoms. The van der Waals surface area contributed by atoms with Crippen molar-refractivity contribution in [1.29, 1.82) is 0 Å². The highest BCUT2D eigenvalue weighted by atomic mass is 19.1. The molecular formula is C25H27FN4O4. The van der Waals surface area contributed by atoms with Gasteiger partial charge >= 0.3 is 6.09 Å². The second kappa shape index (κ2) is 9.24. The summed E-state index contributed by atoms with van der Waals surface area (Å²) in [7, 11) is 0. The van der Waals surface area contributed by atoms with Gasteiger partial charge in [0.15, 0.2) is 0 Å². The van der Waals surface area contributed by atoms with Gasteiger partial charge in [0.1, 0.15) is 11.4 Å². The van der Waals surface area contributed by atoms with E-state index in [0.29, 0.717) is 41.5 Å². The summed E-state index contributed by atoms with van der Waals surface area (Å²) in [4.78, 5) is 40.5. The number of nitrogens with zero attached hydrogens (tertiary/aromatic N) is 3. The van der Waals surface area contributed by atoms with Crippen molar-refractivity contribution in [3.8, 4) is 0 Å². The summed E-state index contributed by atoms with van der Waals surface area (Å²) in [6, 6.07) is 11.5. The third-order valence-corrected chi connectivity index (χ3v) is 5.63. The maximum Gasteiger partial charge on any atom is 0.410 e. The van der Waals surface area contributed by atoms with Crippen molar-refractivity contribution in [2.45, 2.75) is 32.8 Å². The number of amides is 2. The number of piperazine rings is 1. The third kappa shape index (κ3) is 5.08. The van der Waals surface area contributed by atoms with Gasteiger partial charge in [0.2, 0.25) is 0 Å². The van der Waals surface area contributed by atoms with Gasteiger partial charge in [0.25, 0.3) is 11.5 Å². The number of hydrogen-bond acceptors (Lipinski definition) is 5. The zero-order chi connectivity index (χ0) is 24.5. The van der Waals surface area contributed by atoms with Gasteiger partial charge in [-0.1, -0.05) is 24.3 Å². The van der Waals surface area contributed by atoms with Crippen LogP contribution in [-0.4, -0.2) is 63.8 Å². The Kier molecular flexibility index (Phi) is 6.37. The molecule has 9 heteroatoms. The van der Waals surface area contributed by atoms with Crippen LogP contribution in [0, 0.1) is 5.82 Å². The van der Waals surface area contributed by atoms with Crippen molar-refractivity contribution < 1.29 is 18.7 Å². The summed E-state index contributed by atoms with van der Waals surface area (Å²) in [6.45, 7) is 6.59. The van der Waals surface area contributed by atoms with E-state index in [2.05, 4.69) is 10.2 Å². The molecule has 1 aromatic heterocycles. The minimum atomic E-state index is -0.609. The predicted octanol–water partition coefficient (Wildman–Crippen LogP) is 3.35. The number of aromatic nitrogens is 2. The molecule has 0 atom stereocenters. The van der Waals surface area contributed by atoms with Crippen LogP contribution < -0.4 is 5.56 Å². The van der Waals surface area contributed by atoms with Gasteiger partial charge in [-0.2, -0.15) is 5.10 Å². The van der Waals surface area contributed by atoms with Crippen LogP contribution in [0.5, 0.6) is 0 Å². The van der Waals surface area contributed by atoms with Crippen LogP contribution in [0.25, 0.3) is 10.8 Å². The maximum absolute atomic E-state index is 14.6. The number of nitrogens with one attached hydrogen (secondary N) is 1. The van der Waals surface area contributed by atoms with Crippen LogP contribution in [0.1, 0.15) is 42.4 Å². The number of H-pyrrole nitrogens is 1. The van der Waals surface area contributed by atoms with Gasteiger partial charge < -0.3 is 14.5 Å². The highest BCUT2D eigenvalue weighted by molar-refractivity contribution is 5.95. The van der Waals surface area contributed by atoms with E-state index in [9.17, 15) is 18.8 Å². The molecule has 1 aliphatic heterocycles. The van der Waals surface area contributed by atoms with Crippen LogP contribution in [-0.2, 0) is 11.2 Å². The Bertz CT molecular complexity index is 1290. The number of ether oxygens (including phenoxy) is 1. The number of fused-ring (bicyclic) bond motifs is 1. The van der Waals surface area contributed by atoms with Crippen molar-refractivity contribution in [3.63, 3.8) is 0 Å². The van der Waals surface area contributed by atoms with E-state index in [4.69, 9.17) is 4.74 Å². The highest BCUT2D eigenvalue weighted by Gasteiger charge is 2.29. The Morgan fingerprint density at radius 2 is 1.68 bits per heavy atom. The van der Waals surface area contributed by atoms with Gasteiger partial charge in [-0.05, 0) is 44.5 Å². The van der Waals surface area contributed by atoms with E-state index in [1.807, 2.05) is 12.1 Å². The maximum atomic E-state index is 14.6. The molecule has 0 aliphatic carbocycles. The summed E-state index contributed by atoms with van der Waals surface area (Å²) >= 11 is 0. The molecule has 2 aromatic carbocycles. The number of rotatable bonds is 3. The number of aromatic amines is 1. The standard InChI is InChI=1S/C25H27FN4O4/c1-25(2,3)34-24(33)30-12-10-29(11-13-30)23(32)19-14-16(8-9-20(19)26)15-21-17-6-4-5-7-18(17)22(31)28-27-21/h4-9,14H,10-13,15H2,1-3H3,(H,28,31). The molecule has 1 aliphatic rings. The van der Waals surface area contributed by atoms with Crippen LogP contribution >= 0.6 is 0 Å².